The lowest BCUT2D eigenvalue weighted by molar-refractivity contribution is 0.107. The number of rotatable bonds is 2. The van der Waals surface area contributed by atoms with Crippen LogP contribution >= 0.6 is 23.2 Å². The van der Waals surface area contributed by atoms with Gasteiger partial charge in [0.1, 0.15) is 0 Å². The summed E-state index contributed by atoms with van der Waals surface area (Å²) < 4.78 is 4.79. The van der Waals surface area contributed by atoms with E-state index in [2.05, 4.69) is 4.98 Å². The maximum atomic E-state index is 10.8. The van der Waals surface area contributed by atoms with E-state index in [0.29, 0.717) is 5.02 Å². The lowest BCUT2D eigenvalue weighted by Gasteiger charge is -2.02. The molecule has 0 aliphatic carbocycles. The third-order valence-electron chi connectivity index (χ3n) is 1.22. The van der Waals surface area contributed by atoms with Gasteiger partial charge in [-0.2, -0.15) is 0 Å². The highest BCUT2D eigenvalue weighted by Crippen LogP contribution is 2.20. The van der Waals surface area contributed by atoms with E-state index >= 15 is 0 Å². The number of nitrogens with zero attached hydrogens (tertiary/aromatic N) is 1. The number of hydrogen-bond donors (Lipinski definition) is 0. The molecule has 12 heavy (non-hydrogen) atoms. The number of hydrogen-bond acceptors (Lipinski definition) is 3. The van der Waals surface area contributed by atoms with Crippen molar-refractivity contribution in [2.75, 3.05) is 7.11 Å². The average molecular weight is 206 g/mol. The number of ether oxygens (including phenoxy) is 1. The highest BCUT2D eigenvalue weighted by molar-refractivity contribution is 6.68. The van der Waals surface area contributed by atoms with Crippen LogP contribution in [0.15, 0.2) is 12.3 Å². The molecule has 1 aromatic heterocycles. The van der Waals surface area contributed by atoms with Crippen molar-refractivity contribution in [3.05, 3.63) is 22.8 Å². The lowest BCUT2D eigenvalue weighted by Crippen LogP contribution is -1.97. The molecule has 0 unspecified atom stereocenters. The Kier molecular flexibility index (Phi) is 2.89. The highest BCUT2D eigenvalue weighted by Gasteiger charge is 2.11. The fourth-order valence-corrected chi connectivity index (χ4v) is 1.02. The fourth-order valence-electron chi connectivity index (χ4n) is 0.730. The molecule has 3 nitrogen and oxygen atoms in total. The fraction of sp³-hybridized carbons (Fsp3) is 0.143. The van der Waals surface area contributed by atoms with Crippen molar-refractivity contribution in [3.63, 3.8) is 0 Å². The van der Waals surface area contributed by atoms with Crippen molar-refractivity contribution in [2.45, 2.75) is 0 Å². The van der Waals surface area contributed by atoms with Gasteiger partial charge in [0, 0.05) is 6.20 Å². The molecule has 1 rings (SSSR count). The van der Waals surface area contributed by atoms with Gasteiger partial charge < -0.3 is 4.74 Å². The van der Waals surface area contributed by atoms with Crippen LogP contribution in [-0.4, -0.2) is 17.3 Å². The van der Waals surface area contributed by atoms with E-state index in [1.807, 2.05) is 0 Å². The van der Waals surface area contributed by atoms with Gasteiger partial charge in [0.15, 0.2) is 0 Å². The Hall–Kier alpha value is -0.800. The summed E-state index contributed by atoms with van der Waals surface area (Å²) in [5, 5.41) is -0.290. The van der Waals surface area contributed by atoms with E-state index in [-0.39, 0.29) is 11.4 Å². The highest BCUT2D eigenvalue weighted by atomic mass is 35.5. The first kappa shape index (κ1) is 9.29. The first-order chi connectivity index (χ1) is 5.65. The SMILES string of the molecule is COc1ncc(Cl)cc1C(=O)Cl. The normalized spacial score (nSPS) is 9.58. The predicted octanol–water partition coefficient (Wildman–Crippen LogP) is 2.12. The van der Waals surface area contributed by atoms with Crippen LogP contribution in [0.3, 0.4) is 0 Å². The number of aromatic nitrogens is 1. The van der Waals surface area contributed by atoms with Crippen LogP contribution in [0, 0.1) is 0 Å². The molecule has 0 spiro atoms. The molecule has 0 saturated heterocycles. The van der Waals surface area contributed by atoms with Crippen LogP contribution in [0.2, 0.25) is 5.02 Å². The lowest BCUT2D eigenvalue weighted by atomic mass is 10.3. The van der Waals surface area contributed by atoms with Crippen molar-refractivity contribution >= 4 is 28.4 Å². The Labute approximate surface area is 79.3 Å². The summed E-state index contributed by atoms with van der Waals surface area (Å²) in [6.45, 7) is 0. The molecule has 1 heterocycles. The van der Waals surface area contributed by atoms with Crippen molar-refractivity contribution in [3.8, 4) is 5.88 Å². The van der Waals surface area contributed by atoms with Gasteiger partial charge in [-0.1, -0.05) is 11.6 Å². The zero-order valence-corrected chi connectivity index (χ0v) is 7.69. The van der Waals surface area contributed by atoms with E-state index in [0.717, 1.165) is 0 Å². The molecule has 64 valence electrons. The van der Waals surface area contributed by atoms with Gasteiger partial charge in [-0.25, -0.2) is 4.98 Å². The second kappa shape index (κ2) is 3.74. The van der Waals surface area contributed by atoms with Crippen molar-refractivity contribution < 1.29 is 9.53 Å². The summed E-state index contributed by atoms with van der Waals surface area (Å²) in [7, 11) is 1.40. The summed E-state index contributed by atoms with van der Waals surface area (Å²) in [5.74, 6) is 0.180. The predicted molar refractivity (Wildman–Crippen MR) is 46.0 cm³/mol. The monoisotopic (exact) mass is 205 g/mol. The molecule has 0 aromatic carbocycles. The minimum absolute atomic E-state index is 0.173. The summed E-state index contributed by atoms with van der Waals surface area (Å²) in [6.07, 6.45) is 1.38. The van der Waals surface area contributed by atoms with E-state index in [9.17, 15) is 4.79 Å². The first-order valence-corrected chi connectivity index (χ1v) is 3.80. The van der Waals surface area contributed by atoms with Crippen LogP contribution in [-0.2, 0) is 0 Å². The Morgan fingerprint density at radius 2 is 2.33 bits per heavy atom. The Balaban J connectivity index is 3.21. The van der Waals surface area contributed by atoms with E-state index in [1.165, 1.54) is 19.4 Å². The Bertz CT molecular complexity index is 314. The minimum atomic E-state index is -0.637. The number of halogens is 2. The molecule has 0 aliphatic heterocycles. The van der Waals surface area contributed by atoms with Crippen LogP contribution in [0.4, 0.5) is 0 Å². The van der Waals surface area contributed by atoms with Crippen LogP contribution < -0.4 is 4.74 Å². The van der Waals surface area contributed by atoms with Crippen molar-refractivity contribution in [1.29, 1.82) is 0 Å². The number of methoxy groups -OCH3 is 1. The molecular weight excluding hydrogens is 201 g/mol. The largest absolute Gasteiger partial charge is 0.480 e. The minimum Gasteiger partial charge on any atom is -0.480 e. The molecule has 0 saturated carbocycles. The zero-order valence-electron chi connectivity index (χ0n) is 6.17. The molecule has 0 N–H and O–H groups in total. The summed E-state index contributed by atoms with van der Waals surface area (Å²) in [6, 6.07) is 1.41. The quantitative estimate of drug-likeness (QED) is 0.695. The number of carbonyl (C=O) groups is 1. The maximum Gasteiger partial charge on any atom is 0.257 e. The van der Waals surface area contributed by atoms with Gasteiger partial charge in [0.25, 0.3) is 5.24 Å². The third-order valence-corrected chi connectivity index (χ3v) is 1.63. The molecule has 0 bridgehead atoms. The zero-order chi connectivity index (χ0) is 9.14. The molecule has 1 aromatic rings. The molecular formula is C7H5Cl2NO2. The summed E-state index contributed by atoms with van der Waals surface area (Å²) in [4.78, 5) is 14.5. The standard InChI is InChI=1S/C7H5Cl2NO2/c1-12-7-5(6(9)11)2-4(8)3-10-7/h2-3H,1H3. The number of pyridine rings is 1. The Morgan fingerprint density at radius 3 is 2.83 bits per heavy atom. The van der Waals surface area contributed by atoms with Crippen molar-refractivity contribution in [1.82, 2.24) is 4.98 Å². The molecule has 0 amide bonds. The van der Waals surface area contributed by atoms with E-state index in [4.69, 9.17) is 27.9 Å². The van der Waals surface area contributed by atoms with Gasteiger partial charge in [-0.05, 0) is 17.7 Å². The summed E-state index contributed by atoms with van der Waals surface area (Å²) in [5.41, 5.74) is 0.173. The van der Waals surface area contributed by atoms with Crippen molar-refractivity contribution in [2.24, 2.45) is 0 Å². The molecule has 5 heteroatoms. The van der Waals surface area contributed by atoms with Crippen LogP contribution in [0.5, 0.6) is 5.88 Å². The molecule has 0 atom stereocenters. The average Bonchev–Trinajstić information content (AvgIpc) is 2.04. The first-order valence-electron chi connectivity index (χ1n) is 3.04. The van der Waals surface area contributed by atoms with Crippen LogP contribution in [0.25, 0.3) is 0 Å². The van der Waals surface area contributed by atoms with E-state index < -0.39 is 5.24 Å². The van der Waals surface area contributed by atoms with Gasteiger partial charge in [-0.3, -0.25) is 4.79 Å². The maximum absolute atomic E-state index is 10.8. The smallest absolute Gasteiger partial charge is 0.257 e. The summed E-state index contributed by atoms with van der Waals surface area (Å²) >= 11 is 10.8. The van der Waals surface area contributed by atoms with Gasteiger partial charge in [0.05, 0.1) is 17.7 Å². The molecule has 0 fully saturated rings. The van der Waals surface area contributed by atoms with Crippen LogP contribution in [0.1, 0.15) is 10.4 Å². The third kappa shape index (κ3) is 1.87. The van der Waals surface area contributed by atoms with Gasteiger partial charge >= 0.3 is 0 Å². The van der Waals surface area contributed by atoms with E-state index in [1.54, 1.807) is 0 Å². The van der Waals surface area contributed by atoms with Gasteiger partial charge in [-0.15, -0.1) is 0 Å². The number of carbonyl (C=O) groups excluding carboxylic acids is 1. The second-order valence-corrected chi connectivity index (χ2v) is 2.76. The second-order valence-electron chi connectivity index (χ2n) is 1.98. The molecule has 0 radical (unpaired) electrons. The molecule has 0 aliphatic rings. The topological polar surface area (TPSA) is 39.2 Å². The van der Waals surface area contributed by atoms with Gasteiger partial charge in [0.2, 0.25) is 5.88 Å². The Morgan fingerprint density at radius 1 is 1.67 bits per heavy atom.